The molecular weight excluding hydrogens is 339 g/mol. The predicted molar refractivity (Wildman–Crippen MR) is 81.8 cm³/mol. The lowest BCUT2D eigenvalue weighted by Crippen LogP contribution is -2.60. The smallest absolute Gasteiger partial charge is 0.288 e. The van der Waals surface area contributed by atoms with E-state index in [1.54, 1.807) is 12.1 Å². The Morgan fingerprint density at radius 1 is 1.38 bits per heavy atom. The molecule has 1 aromatic rings. The number of hydrogen-bond acceptors (Lipinski definition) is 4. The van der Waals surface area contributed by atoms with Gasteiger partial charge in [0, 0.05) is 13.1 Å². The Hall–Kier alpha value is -0.460. The quantitative estimate of drug-likeness (QED) is 0.847. The van der Waals surface area contributed by atoms with Gasteiger partial charge in [0.1, 0.15) is 6.17 Å². The Balaban J connectivity index is 2.13. The van der Waals surface area contributed by atoms with Gasteiger partial charge in [-0.2, -0.15) is 0 Å². The van der Waals surface area contributed by atoms with Crippen LogP contribution in [0.3, 0.4) is 0 Å². The van der Waals surface area contributed by atoms with E-state index in [0.29, 0.717) is 13.1 Å². The number of rotatable bonds is 3. The molecule has 0 aromatic carbocycles. The number of amides is 1. The van der Waals surface area contributed by atoms with Crippen molar-refractivity contribution in [2.24, 2.45) is 0 Å². The first kappa shape index (κ1) is 16.9. The van der Waals surface area contributed by atoms with Gasteiger partial charge >= 0.3 is 0 Å². The summed E-state index contributed by atoms with van der Waals surface area (Å²) in [6, 6.07) is 3.17. The molecule has 21 heavy (non-hydrogen) atoms. The third-order valence-electron chi connectivity index (χ3n) is 3.14. The van der Waals surface area contributed by atoms with E-state index in [2.05, 4.69) is 5.32 Å². The van der Waals surface area contributed by atoms with Crippen molar-refractivity contribution in [3.8, 4) is 0 Å². The molecular formula is C13H17Cl3N2O3. The van der Waals surface area contributed by atoms with E-state index in [-0.39, 0.29) is 18.0 Å². The van der Waals surface area contributed by atoms with Crippen molar-refractivity contribution in [2.45, 2.75) is 36.0 Å². The Labute approximate surface area is 138 Å². The Morgan fingerprint density at radius 2 is 2.00 bits per heavy atom. The number of furan rings is 1. The van der Waals surface area contributed by atoms with Crippen molar-refractivity contribution in [2.75, 3.05) is 13.1 Å². The van der Waals surface area contributed by atoms with Crippen LogP contribution in [-0.2, 0) is 4.74 Å². The molecule has 8 heteroatoms. The molecule has 1 saturated heterocycles. The van der Waals surface area contributed by atoms with Gasteiger partial charge in [0.2, 0.25) is 3.79 Å². The fraction of sp³-hybridized carbons (Fsp3) is 0.615. The van der Waals surface area contributed by atoms with Crippen LogP contribution < -0.4 is 5.32 Å². The van der Waals surface area contributed by atoms with Crippen LogP contribution in [0.4, 0.5) is 0 Å². The molecule has 2 heterocycles. The molecule has 1 amide bonds. The van der Waals surface area contributed by atoms with Gasteiger partial charge in [0.25, 0.3) is 5.91 Å². The Kier molecular flexibility index (Phi) is 5.43. The summed E-state index contributed by atoms with van der Waals surface area (Å²) in [5.74, 6) is -0.258. The molecule has 2 rings (SSSR count). The van der Waals surface area contributed by atoms with Crippen LogP contribution in [0.5, 0.6) is 0 Å². The number of hydrogen-bond donors (Lipinski definition) is 1. The summed E-state index contributed by atoms with van der Waals surface area (Å²) < 4.78 is 9.04. The lowest BCUT2D eigenvalue weighted by Gasteiger charge is -2.42. The molecule has 0 aliphatic carbocycles. The molecule has 1 aromatic heterocycles. The standard InChI is InChI=1S/C13H17Cl3N2O3/c1-8-6-18(7-9(2)21-8)12(13(14,15)16)17-11(19)10-4-3-5-20-10/h3-5,8-9,12H,6-7H2,1-2H3,(H,17,19). The van der Waals surface area contributed by atoms with Crippen molar-refractivity contribution in [3.63, 3.8) is 0 Å². The minimum atomic E-state index is -1.67. The molecule has 1 aliphatic heterocycles. The van der Waals surface area contributed by atoms with Crippen LogP contribution in [0.15, 0.2) is 22.8 Å². The van der Waals surface area contributed by atoms with Crippen molar-refractivity contribution < 1.29 is 13.9 Å². The van der Waals surface area contributed by atoms with Crippen LogP contribution in [0.1, 0.15) is 24.4 Å². The maximum atomic E-state index is 12.1. The molecule has 118 valence electrons. The molecule has 3 unspecified atom stereocenters. The van der Waals surface area contributed by atoms with Crippen molar-refractivity contribution in [1.82, 2.24) is 10.2 Å². The fourth-order valence-corrected chi connectivity index (χ4v) is 2.99. The van der Waals surface area contributed by atoms with E-state index in [0.717, 1.165) is 0 Å². The van der Waals surface area contributed by atoms with E-state index >= 15 is 0 Å². The number of ether oxygens (including phenoxy) is 1. The van der Waals surface area contributed by atoms with Crippen LogP contribution >= 0.6 is 34.8 Å². The van der Waals surface area contributed by atoms with Gasteiger partial charge in [-0.15, -0.1) is 0 Å². The number of carbonyl (C=O) groups excluding carboxylic acids is 1. The zero-order valence-corrected chi connectivity index (χ0v) is 14.0. The number of carbonyl (C=O) groups is 1. The molecule has 1 N–H and O–H groups in total. The minimum absolute atomic E-state index is 0.0101. The number of nitrogens with one attached hydrogen (secondary N) is 1. The first-order chi connectivity index (χ1) is 9.77. The van der Waals surface area contributed by atoms with E-state index in [1.807, 2.05) is 18.7 Å². The summed E-state index contributed by atoms with van der Waals surface area (Å²) in [7, 11) is 0. The molecule has 1 fully saturated rings. The minimum Gasteiger partial charge on any atom is -0.459 e. The van der Waals surface area contributed by atoms with Crippen molar-refractivity contribution in [3.05, 3.63) is 24.2 Å². The number of alkyl halides is 3. The normalized spacial score (nSPS) is 25.6. The van der Waals surface area contributed by atoms with Gasteiger partial charge in [-0.3, -0.25) is 9.69 Å². The monoisotopic (exact) mass is 354 g/mol. The SMILES string of the molecule is CC1CN(C(NC(=O)c2ccco2)C(Cl)(Cl)Cl)CC(C)O1. The summed E-state index contributed by atoms with van der Waals surface area (Å²) in [6.45, 7) is 4.99. The summed E-state index contributed by atoms with van der Waals surface area (Å²) in [6.07, 6.45) is 0.625. The van der Waals surface area contributed by atoms with Crippen LogP contribution in [0.25, 0.3) is 0 Å². The fourth-order valence-electron chi connectivity index (χ4n) is 2.41. The largest absolute Gasteiger partial charge is 0.459 e. The lowest BCUT2D eigenvalue weighted by atomic mass is 10.2. The topological polar surface area (TPSA) is 54.7 Å². The second kappa shape index (κ2) is 6.75. The van der Waals surface area contributed by atoms with Gasteiger partial charge < -0.3 is 14.5 Å². The second-order valence-corrected chi connectivity index (χ2v) is 7.48. The average molecular weight is 356 g/mol. The molecule has 5 nitrogen and oxygen atoms in total. The van der Waals surface area contributed by atoms with Gasteiger partial charge in [0.15, 0.2) is 5.76 Å². The highest BCUT2D eigenvalue weighted by atomic mass is 35.6. The number of morpholine rings is 1. The van der Waals surface area contributed by atoms with E-state index in [4.69, 9.17) is 44.0 Å². The summed E-state index contributed by atoms with van der Waals surface area (Å²) in [5, 5.41) is 2.71. The highest BCUT2D eigenvalue weighted by molar-refractivity contribution is 6.68. The first-order valence-corrected chi connectivity index (χ1v) is 7.71. The zero-order chi connectivity index (χ0) is 15.6. The molecule has 1 aliphatic rings. The van der Waals surface area contributed by atoms with E-state index < -0.39 is 15.9 Å². The maximum absolute atomic E-state index is 12.1. The maximum Gasteiger partial charge on any atom is 0.288 e. The van der Waals surface area contributed by atoms with Crippen molar-refractivity contribution in [1.29, 1.82) is 0 Å². The highest BCUT2D eigenvalue weighted by Crippen LogP contribution is 2.33. The average Bonchev–Trinajstić information content (AvgIpc) is 2.86. The molecule has 0 bridgehead atoms. The second-order valence-electron chi connectivity index (χ2n) is 5.11. The summed E-state index contributed by atoms with van der Waals surface area (Å²) >= 11 is 18.1. The van der Waals surface area contributed by atoms with Gasteiger partial charge in [-0.05, 0) is 26.0 Å². The van der Waals surface area contributed by atoms with E-state index in [9.17, 15) is 4.79 Å². The first-order valence-electron chi connectivity index (χ1n) is 6.58. The zero-order valence-electron chi connectivity index (χ0n) is 11.7. The van der Waals surface area contributed by atoms with Gasteiger partial charge in [-0.25, -0.2) is 0 Å². The lowest BCUT2D eigenvalue weighted by molar-refractivity contribution is -0.0827. The Morgan fingerprint density at radius 3 is 2.48 bits per heavy atom. The Bertz CT molecular complexity index is 466. The van der Waals surface area contributed by atoms with Gasteiger partial charge in [0.05, 0.1) is 18.5 Å². The van der Waals surface area contributed by atoms with Crippen molar-refractivity contribution >= 4 is 40.7 Å². The van der Waals surface area contributed by atoms with Crippen LogP contribution in [-0.4, -0.2) is 46.1 Å². The molecule has 0 spiro atoms. The number of halogens is 3. The van der Waals surface area contributed by atoms with Crippen LogP contribution in [0, 0.1) is 0 Å². The van der Waals surface area contributed by atoms with Crippen LogP contribution in [0.2, 0.25) is 0 Å². The molecule has 0 saturated carbocycles. The third-order valence-corrected chi connectivity index (χ3v) is 3.76. The molecule has 3 atom stereocenters. The summed E-state index contributed by atoms with van der Waals surface area (Å²) in [5.41, 5.74) is 0. The van der Waals surface area contributed by atoms with Gasteiger partial charge in [-0.1, -0.05) is 34.8 Å². The predicted octanol–water partition coefficient (Wildman–Crippen LogP) is 2.81. The third kappa shape index (κ3) is 4.50. The number of nitrogens with zero attached hydrogens (tertiary/aromatic N) is 1. The summed E-state index contributed by atoms with van der Waals surface area (Å²) in [4.78, 5) is 14.0. The molecule has 0 radical (unpaired) electrons. The highest BCUT2D eigenvalue weighted by Gasteiger charge is 2.41. The van der Waals surface area contributed by atoms with E-state index in [1.165, 1.54) is 6.26 Å².